The number of esters is 1. The molecule has 1 aliphatic heterocycles. The fourth-order valence-corrected chi connectivity index (χ4v) is 5.32. The minimum absolute atomic E-state index is 0.136. The van der Waals surface area contributed by atoms with Crippen LogP contribution in [0.2, 0.25) is 0 Å². The molecule has 1 N–H and O–H groups in total. The van der Waals surface area contributed by atoms with Crippen LogP contribution in [0.25, 0.3) is 0 Å². The minimum Gasteiger partial charge on any atom is -0.494 e. The number of hydrogen-bond acceptors (Lipinski definition) is 5. The normalized spacial score (nSPS) is 23.5. The van der Waals surface area contributed by atoms with Crippen LogP contribution in [-0.2, 0) is 14.3 Å². The maximum Gasteiger partial charge on any atom is 0.325 e. The Morgan fingerprint density at radius 1 is 1.12 bits per heavy atom. The van der Waals surface area contributed by atoms with E-state index in [2.05, 4.69) is 33.0 Å². The summed E-state index contributed by atoms with van der Waals surface area (Å²) in [7, 11) is 0. The van der Waals surface area contributed by atoms with Gasteiger partial charge in [-0.25, -0.2) is 0 Å². The third-order valence-electron chi connectivity index (χ3n) is 6.37. The van der Waals surface area contributed by atoms with Crippen LogP contribution in [0.3, 0.4) is 0 Å². The maximum absolute atomic E-state index is 12.7. The summed E-state index contributed by atoms with van der Waals surface area (Å²) in [5.74, 6) is -0.455. The largest absolute Gasteiger partial charge is 0.494 e. The molecule has 1 aromatic carbocycles. The Kier molecular flexibility index (Phi) is 7.47. The molecule has 2 atom stereocenters. The summed E-state index contributed by atoms with van der Waals surface area (Å²) in [6.07, 6.45) is 5.11. The van der Waals surface area contributed by atoms with Crippen LogP contribution in [-0.4, -0.2) is 55.0 Å². The Balaban J connectivity index is 1.40. The minimum atomic E-state index is -0.625. The molecule has 1 aliphatic carbocycles. The molecule has 7 heteroatoms. The lowest BCUT2D eigenvalue weighted by Gasteiger charge is -2.39. The molecule has 2 amide bonds. The number of amides is 2. The molecule has 3 rings (SSSR count). The highest BCUT2D eigenvalue weighted by atomic mass is 16.5. The Bertz CT molecular complexity index is 835. The van der Waals surface area contributed by atoms with Crippen LogP contribution < -0.4 is 10.1 Å². The Hall–Kier alpha value is -2.57. The molecule has 2 fully saturated rings. The van der Waals surface area contributed by atoms with Gasteiger partial charge in [0, 0.05) is 18.2 Å². The van der Waals surface area contributed by atoms with Crippen molar-refractivity contribution >= 4 is 17.8 Å². The number of nitrogens with zero attached hydrogens (tertiary/aromatic N) is 1. The first kappa shape index (κ1) is 24.1. The SMILES string of the molecule is CCCCOc1ccc(C(=O)NCC(=O)OCC(=O)N2C[C@@]3(C)C[C@@H]2CC(C)(C)C3)cc1. The van der Waals surface area contributed by atoms with Crippen molar-refractivity contribution in [3.63, 3.8) is 0 Å². The fourth-order valence-electron chi connectivity index (χ4n) is 5.32. The lowest BCUT2D eigenvalue weighted by atomic mass is 9.65. The van der Waals surface area contributed by atoms with E-state index in [1.807, 2.05) is 4.90 Å². The van der Waals surface area contributed by atoms with Crippen molar-refractivity contribution in [2.24, 2.45) is 10.8 Å². The second-order valence-electron chi connectivity index (χ2n) is 10.3. The molecule has 0 radical (unpaired) electrons. The van der Waals surface area contributed by atoms with E-state index in [4.69, 9.17) is 9.47 Å². The first-order valence-electron chi connectivity index (χ1n) is 11.6. The van der Waals surface area contributed by atoms with Gasteiger partial charge < -0.3 is 19.7 Å². The highest BCUT2D eigenvalue weighted by Crippen LogP contribution is 2.52. The Morgan fingerprint density at radius 3 is 2.53 bits per heavy atom. The molecule has 2 aliphatic rings. The van der Waals surface area contributed by atoms with Gasteiger partial charge in [0.15, 0.2) is 6.61 Å². The molecule has 0 unspecified atom stereocenters. The van der Waals surface area contributed by atoms with Gasteiger partial charge in [0.25, 0.3) is 11.8 Å². The number of benzene rings is 1. The average Bonchev–Trinajstić information content (AvgIpc) is 2.99. The number of carbonyl (C=O) groups excluding carboxylic acids is 3. The van der Waals surface area contributed by atoms with Crippen molar-refractivity contribution in [3.05, 3.63) is 29.8 Å². The van der Waals surface area contributed by atoms with Crippen molar-refractivity contribution < 1.29 is 23.9 Å². The van der Waals surface area contributed by atoms with E-state index in [1.54, 1.807) is 24.3 Å². The summed E-state index contributed by atoms with van der Waals surface area (Å²) >= 11 is 0. The van der Waals surface area contributed by atoms with Crippen molar-refractivity contribution in [1.29, 1.82) is 0 Å². The predicted octanol–water partition coefficient (Wildman–Crippen LogP) is 3.57. The molecule has 0 aromatic heterocycles. The lowest BCUT2D eigenvalue weighted by Crippen LogP contribution is -2.40. The molecule has 1 saturated heterocycles. The number of fused-ring (bicyclic) bond motifs is 2. The van der Waals surface area contributed by atoms with Gasteiger partial charge in [-0.05, 0) is 60.8 Å². The van der Waals surface area contributed by atoms with Gasteiger partial charge in [-0.3, -0.25) is 14.4 Å². The highest BCUT2D eigenvalue weighted by molar-refractivity contribution is 5.96. The van der Waals surface area contributed by atoms with Crippen molar-refractivity contribution in [3.8, 4) is 5.75 Å². The molecule has 7 nitrogen and oxygen atoms in total. The average molecular weight is 445 g/mol. The number of nitrogens with one attached hydrogen (secondary N) is 1. The lowest BCUT2D eigenvalue weighted by molar-refractivity contribution is -0.151. The summed E-state index contributed by atoms with van der Waals surface area (Å²) in [5.41, 5.74) is 0.779. The number of ether oxygens (including phenoxy) is 2. The van der Waals surface area contributed by atoms with Crippen LogP contribution in [0.4, 0.5) is 0 Å². The first-order chi connectivity index (χ1) is 15.1. The van der Waals surface area contributed by atoms with E-state index < -0.39 is 5.97 Å². The number of carbonyl (C=O) groups is 3. The van der Waals surface area contributed by atoms with Gasteiger partial charge >= 0.3 is 5.97 Å². The zero-order valence-corrected chi connectivity index (χ0v) is 19.7. The van der Waals surface area contributed by atoms with Gasteiger partial charge in [0.05, 0.1) is 6.61 Å². The van der Waals surface area contributed by atoms with E-state index in [1.165, 1.54) is 0 Å². The maximum atomic E-state index is 12.7. The smallest absolute Gasteiger partial charge is 0.325 e. The Morgan fingerprint density at radius 2 is 1.84 bits per heavy atom. The fraction of sp³-hybridized carbons (Fsp3) is 0.640. The molecular formula is C25H36N2O5. The third kappa shape index (κ3) is 6.24. The van der Waals surface area contributed by atoms with Crippen LogP contribution in [0.15, 0.2) is 24.3 Å². The van der Waals surface area contributed by atoms with Gasteiger partial charge in [-0.2, -0.15) is 0 Å². The Labute approximate surface area is 190 Å². The first-order valence-corrected chi connectivity index (χ1v) is 11.6. The summed E-state index contributed by atoms with van der Waals surface area (Å²) < 4.78 is 10.7. The summed E-state index contributed by atoms with van der Waals surface area (Å²) in [6.45, 7) is 9.62. The van der Waals surface area contributed by atoms with E-state index in [0.717, 1.165) is 32.1 Å². The van der Waals surface area contributed by atoms with E-state index in [0.29, 0.717) is 24.5 Å². The van der Waals surface area contributed by atoms with Gasteiger partial charge in [-0.15, -0.1) is 0 Å². The molecular weight excluding hydrogens is 408 g/mol. The standard InChI is InChI=1S/C25H36N2O5/c1-5-6-11-31-20-9-7-18(8-10-20)23(30)26-14-22(29)32-15-21(28)27-17-25(4)13-19(27)12-24(2,3)16-25/h7-10,19H,5-6,11-17H2,1-4H3,(H,26,30)/t19-,25-/m0/s1. The highest BCUT2D eigenvalue weighted by Gasteiger charge is 2.50. The van der Waals surface area contributed by atoms with Crippen LogP contribution in [0.1, 0.15) is 70.2 Å². The molecule has 0 spiro atoms. The topological polar surface area (TPSA) is 84.9 Å². The zero-order valence-electron chi connectivity index (χ0n) is 19.7. The molecule has 32 heavy (non-hydrogen) atoms. The van der Waals surface area contributed by atoms with Crippen molar-refractivity contribution in [2.45, 2.75) is 65.8 Å². The molecule has 2 bridgehead atoms. The number of hydrogen-bond donors (Lipinski definition) is 1. The number of rotatable bonds is 9. The second-order valence-corrected chi connectivity index (χ2v) is 10.3. The monoisotopic (exact) mass is 444 g/mol. The van der Waals surface area contributed by atoms with Gasteiger partial charge in [0.1, 0.15) is 12.3 Å². The van der Waals surface area contributed by atoms with E-state index in [-0.39, 0.29) is 41.8 Å². The molecule has 176 valence electrons. The molecule has 1 heterocycles. The molecule has 1 saturated carbocycles. The van der Waals surface area contributed by atoms with Gasteiger partial charge in [0.2, 0.25) is 0 Å². The second kappa shape index (κ2) is 9.92. The van der Waals surface area contributed by atoms with Crippen molar-refractivity contribution in [1.82, 2.24) is 10.2 Å². The van der Waals surface area contributed by atoms with E-state index >= 15 is 0 Å². The van der Waals surface area contributed by atoms with Gasteiger partial charge in [-0.1, -0.05) is 34.1 Å². The summed E-state index contributed by atoms with van der Waals surface area (Å²) in [5, 5.41) is 2.54. The van der Waals surface area contributed by atoms with Crippen LogP contribution in [0.5, 0.6) is 5.75 Å². The van der Waals surface area contributed by atoms with Crippen LogP contribution in [0, 0.1) is 10.8 Å². The quantitative estimate of drug-likeness (QED) is 0.465. The zero-order chi connectivity index (χ0) is 23.4. The molecule has 1 aromatic rings. The van der Waals surface area contributed by atoms with Crippen LogP contribution >= 0.6 is 0 Å². The third-order valence-corrected chi connectivity index (χ3v) is 6.37. The predicted molar refractivity (Wildman–Crippen MR) is 121 cm³/mol. The number of unbranched alkanes of at least 4 members (excludes halogenated alkanes) is 1. The van der Waals surface area contributed by atoms with Crippen molar-refractivity contribution in [2.75, 3.05) is 26.3 Å². The summed E-state index contributed by atoms with van der Waals surface area (Å²) in [4.78, 5) is 38.9. The number of likely N-dealkylation sites (tertiary alicyclic amines) is 1. The van der Waals surface area contributed by atoms with E-state index in [9.17, 15) is 14.4 Å². The summed E-state index contributed by atoms with van der Waals surface area (Å²) in [6, 6.07) is 6.98.